The fourth-order valence-electron chi connectivity index (χ4n) is 2.22. The molecular formula is C16H15N3O2. The lowest BCUT2D eigenvalue weighted by Gasteiger charge is -2.07. The maximum Gasteiger partial charge on any atom is 0.275 e. The SMILES string of the molecule is Cc1cccc2nc(C(=O)Nc3ccccc3CO)cn12. The molecule has 2 aromatic heterocycles. The van der Waals surface area contributed by atoms with E-state index < -0.39 is 0 Å². The number of pyridine rings is 1. The monoisotopic (exact) mass is 281 g/mol. The van der Waals surface area contributed by atoms with Crippen molar-refractivity contribution in [1.82, 2.24) is 9.38 Å². The summed E-state index contributed by atoms with van der Waals surface area (Å²) in [6.45, 7) is 1.83. The van der Waals surface area contributed by atoms with Crippen LogP contribution in [0.15, 0.2) is 48.7 Å². The highest BCUT2D eigenvalue weighted by Crippen LogP contribution is 2.16. The van der Waals surface area contributed by atoms with Gasteiger partial charge in [0, 0.05) is 23.1 Å². The van der Waals surface area contributed by atoms with Crippen LogP contribution >= 0.6 is 0 Å². The third-order valence-electron chi connectivity index (χ3n) is 3.36. The highest BCUT2D eigenvalue weighted by Gasteiger charge is 2.13. The Morgan fingerprint density at radius 3 is 2.81 bits per heavy atom. The van der Waals surface area contributed by atoms with Crippen LogP contribution in [0.2, 0.25) is 0 Å². The van der Waals surface area contributed by atoms with E-state index in [0.717, 1.165) is 11.3 Å². The molecule has 21 heavy (non-hydrogen) atoms. The van der Waals surface area contributed by atoms with E-state index in [1.165, 1.54) is 0 Å². The fourth-order valence-corrected chi connectivity index (χ4v) is 2.22. The number of fused-ring (bicyclic) bond motifs is 1. The zero-order valence-electron chi connectivity index (χ0n) is 11.6. The third-order valence-corrected chi connectivity index (χ3v) is 3.36. The number of carbonyl (C=O) groups excluding carboxylic acids is 1. The number of aliphatic hydroxyl groups excluding tert-OH is 1. The summed E-state index contributed by atoms with van der Waals surface area (Å²) in [5.41, 5.74) is 3.35. The van der Waals surface area contributed by atoms with Crippen LogP contribution in [-0.2, 0) is 6.61 Å². The highest BCUT2D eigenvalue weighted by atomic mass is 16.3. The van der Waals surface area contributed by atoms with Gasteiger partial charge in [-0.05, 0) is 25.1 Å². The molecule has 0 saturated carbocycles. The Bertz CT molecular complexity index is 808. The van der Waals surface area contributed by atoms with Crippen LogP contribution in [0, 0.1) is 6.92 Å². The molecule has 1 aromatic carbocycles. The minimum atomic E-state index is -0.293. The van der Waals surface area contributed by atoms with Crippen LogP contribution in [0.1, 0.15) is 21.7 Å². The predicted molar refractivity (Wildman–Crippen MR) is 80.2 cm³/mol. The van der Waals surface area contributed by atoms with Gasteiger partial charge in [-0.1, -0.05) is 24.3 Å². The first-order chi connectivity index (χ1) is 10.2. The summed E-state index contributed by atoms with van der Waals surface area (Å²) >= 11 is 0. The molecule has 0 radical (unpaired) electrons. The van der Waals surface area contributed by atoms with Crippen molar-refractivity contribution in [3.05, 3.63) is 65.6 Å². The first-order valence-corrected chi connectivity index (χ1v) is 6.64. The molecular weight excluding hydrogens is 266 g/mol. The molecule has 0 unspecified atom stereocenters. The molecule has 1 amide bonds. The number of amides is 1. The Balaban J connectivity index is 1.92. The van der Waals surface area contributed by atoms with Crippen molar-refractivity contribution in [2.45, 2.75) is 13.5 Å². The van der Waals surface area contributed by atoms with Crippen molar-refractivity contribution in [2.75, 3.05) is 5.32 Å². The molecule has 5 heteroatoms. The summed E-state index contributed by atoms with van der Waals surface area (Å²) in [4.78, 5) is 16.6. The average molecular weight is 281 g/mol. The Morgan fingerprint density at radius 1 is 1.24 bits per heavy atom. The Hall–Kier alpha value is -2.66. The smallest absolute Gasteiger partial charge is 0.275 e. The van der Waals surface area contributed by atoms with E-state index in [-0.39, 0.29) is 12.5 Å². The summed E-state index contributed by atoms with van der Waals surface area (Å²) in [5.74, 6) is -0.293. The normalized spacial score (nSPS) is 10.8. The third kappa shape index (κ3) is 2.51. The van der Waals surface area contributed by atoms with Crippen LogP contribution in [0.25, 0.3) is 5.65 Å². The number of hydrogen-bond acceptors (Lipinski definition) is 3. The van der Waals surface area contributed by atoms with Crippen molar-refractivity contribution < 1.29 is 9.90 Å². The van der Waals surface area contributed by atoms with Gasteiger partial charge in [0.2, 0.25) is 0 Å². The standard InChI is InChI=1S/C16H15N3O2/c1-11-5-4-8-15-17-14(9-19(11)15)16(21)18-13-7-3-2-6-12(13)10-20/h2-9,20H,10H2,1H3,(H,18,21). The lowest BCUT2D eigenvalue weighted by molar-refractivity contribution is 0.102. The fraction of sp³-hybridized carbons (Fsp3) is 0.125. The van der Waals surface area contributed by atoms with Gasteiger partial charge in [0.1, 0.15) is 11.3 Å². The summed E-state index contributed by atoms with van der Waals surface area (Å²) in [6, 6.07) is 12.9. The molecule has 0 aliphatic rings. The first-order valence-electron chi connectivity index (χ1n) is 6.64. The van der Waals surface area contributed by atoms with Crippen LogP contribution in [-0.4, -0.2) is 20.4 Å². The second-order valence-electron chi connectivity index (χ2n) is 4.79. The van der Waals surface area contributed by atoms with Gasteiger partial charge < -0.3 is 14.8 Å². The Morgan fingerprint density at radius 2 is 2.05 bits per heavy atom. The second kappa shape index (κ2) is 5.38. The van der Waals surface area contributed by atoms with Crippen molar-refractivity contribution in [3.8, 4) is 0 Å². The zero-order valence-corrected chi connectivity index (χ0v) is 11.6. The van der Waals surface area contributed by atoms with Gasteiger partial charge in [-0.2, -0.15) is 0 Å². The quantitative estimate of drug-likeness (QED) is 0.774. The summed E-state index contributed by atoms with van der Waals surface area (Å²) < 4.78 is 1.87. The van der Waals surface area contributed by atoms with Crippen molar-refractivity contribution in [3.63, 3.8) is 0 Å². The predicted octanol–water partition coefficient (Wildman–Crippen LogP) is 2.39. The lowest BCUT2D eigenvalue weighted by atomic mass is 10.2. The number of imidazole rings is 1. The van der Waals surface area contributed by atoms with E-state index in [1.807, 2.05) is 41.7 Å². The number of nitrogens with zero attached hydrogens (tertiary/aromatic N) is 2. The minimum Gasteiger partial charge on any atom is -0.392 e. The maximum atomic E-state index is 12.3. The highest BCUT2D eigenvalue weighted by molar-refractivity contribution is 6.03. The molecule has 0 atom stereocenters. The number of para-hydroxylation sites is 1. The molecule has 0 saturated heterocycles. The number of anilines is 1. The van der Waals surface area contributed by atoms with Crippen LogP contribution < -0.4 is 5.32 Å². The van der Waals surface area contributed by atoms with Crippen molar-refractivity contribution >= 4 is 17.2 Å². The van der Waals surface area contributed by atoms with Crippen LogP contribution in [0.4, 0.5) is 5.69 Å². The van der Waals surface area contributed by atoms with Crippen molar-refractivity contribution in [2.24, 2.45) is 0 Å². The maximum absolute atomic E-state index is 12.3. The summed E-state index contributed by atoms with van der Waals surface area (Å²) in [5, 5.41) is 12.1. The van der Waals surface area contributed by atoms with Gasteiger partial charge in [-0.15, -0.1) is 0 Å². The molecule has 2 heterocycles. The molecule has 3 aromatic rings. The largest absolute Gasteiger partial charge is 0.392 e. The van der Waals surface area contributed by atoms with Gasteiger partial charge in [-0.3, -0.25) is 4.79 Å². The van der Waals surface area contributed by atoms with E-state index in [9.17, 15) is 9.90 Å². The molecule has 3 rings (SSSR count). The molecule has 0 fully saturated rings. The van der Waals surface area contributed by atoms with Gasteiger partial charge in [0.05, 0.1) is 6.61 Å². The minimum absolute atomic E-state index is 0.124. The second-order valence-corrected chi connectivity index (χ2v) is 4.79. The van der Waals surface area contributed by atoms with Crippen LogP contribution in [0.3, 0.4) is 0 Å². The summed E-state index contributed by atoms with van der Waals surface area (Å²) in [6.07, 6.45) is 1.71. The van der Waals surface area contributed by atoms with Crippen LogP contribution in [0.5, 0.6) is 0 Å². The van der Waals surface area contributed by atoms with E-state index in [1.54, 1.807) is 18.3 Å². The number of benzene rings is 1. The van der Waals surface area contributed by atoms with E-state index in [4.69, 9.17) is 0 Å². The number of aliphatic hydroxyl groups is 1. The van der Waals surface area contributed by atoms with Gasteiger partial charge in [0.25, 0.3) is 5.91 Å². The van der Waals surface area contributed by atoms with Gasteiger partial charge >= 0.3 is 0 Å². The van der Waals surface area contributed by atoms with E-state index in [0.29, 0.717) is 16.9 Å². The van der Waals surface area contributed by atoms with Gasteiger partial charge in [0.15, 0.2) is 0 Å². The van der Waals surface area contributed by atoms with Gasteiger partial charge in [-0.25, -0.2) is 4.98 Å². The number of hydrogen-bond donors (Lipinski definition) is 2. The first kappa shape index (κ1) is 13.3. The number of nitrogens with one attached hydrogen (secondary N) is 1. The molecule has 0 spiro atoms. The Labute approximate surface area is 121 Å². The molecule has 0 bridgehead atoms. The summed E-state index contributed by atoms with van der Waals surface area (Å²) in [7, 11) is 0. The number of aromatic nitrogens is 2. The molecule has 2 N–H and O–H groups in total. The number of carbonyl (C=O) groups is 1. The number of rotatable bonds is 3. The lowest BCUT2D eigenvalue weighted by Crippen LogP contribution is -2.13. The zero-order chi connectivity index (χ0) is 14.8. The number of aryl methyl sites for hydroxylation is 1. The average Bonchev–Trinajstić information content (AvgIpc) is 2.93. The molecule has 0 aliphatic heterocycles. The van der Waals surface area contributed by atoms with Crippen molar-refractivity contribution in [1.29, 1.82) is 0 Å². The molecule has 106 valence electrons. The van der Waals surface area contributed by atoms with E-state index >= 15 is 0 Å². The Kier molecular flexibility index (Phi) is 3.41. The topological polar surface area (TPSA) is 66.6 Å². The molecule has 0 aliphatic carbocycles. The van der Waals surface area contributed by atoms with E-state index in [2.05, 4.69) is 10.3 Å². The molecule has 5 nitrogen and oxygen atoms in total.